The number of hydrogen-bond donors (Lipinski definition) is 1. The summed E-state index contributed by atoms with van der Waals surface area (Å²) in [6.07, 6.45) is 5.97. The predicted molar refractivity (Wildman–Crippen MR) is 133 cm³/mol. The van der Waals surface area contributed by atoms with Crippen molar-refractivity contribution in [2.24, 2.45) is 0 Å². The molecule has 1 N–H and O–H groups in total. The van der Waals surface area contributed by atoms with Crippen LogP contribution in [0.25, 0.3) is 0 Å². The van der Waals surface area contributed by atoms with E-state index in [0.29, 0.717) is 24.7 Å². The minimum Gasteiger partial charge on any atom is -0.453 e. The van der Waals surface area contributed by atoms with Gasteiger partial charge in [-0.2, -0.15) is 0 Å². The summed E-state index contributed by atoms with van der Waals surface area (Å²) in [6, 6.07) is 11.6. The second-order valence-corrected chi connectivity index (χ2v) is 10.2. The number of carbonyl (C=O) groups is 2. The lowest BCUT2D eigenvalue weighted by atomic mass is 9.95. The molecular formula is C27H37N5O3. The molecule has 2 bridgehead atoms. The zero-order chi connectivity index (χ0) is 24.5. The highest BCUT2D eigenvalue weighted by atomic mass is 16.5. The number of benzene rings is 1. The molecule has 3 atom stereocenters. The number of aryl methyl sites for hydroxylation is 1. The van der Waals surface area contributed by atoms with Gasteiger partial charge < -0.3 is 19.5 Å². The molecule has 2 aromatic rings. The molecule has 0 spiro atoms. The van der Waals surface area contributed by atoms with E-state index in [1.807, 2.05) is 23.1 Å². The van der Waals surface area contributed by atoms with Gasteiger partial charge in [0.15, 0.2) is 0 Å². The fourth-order valence-corrected chi connectivity index (χ4v) is 6.58. The lowest BCUT2D eigenvalue weighted by molar-refractivity contribution is -0.129. The summed E-state index contributed by atoms with van der Waals surface area (Å²) in [5, 5.41) is 3.03. The molecule has 1 aromatic heterocycles. The smallest absolute Gasteiger partial charge is 0.407 e. The summed E-state index contributed by atoms with van der Waals surface area (Å²) in [5.74, 6) is 1.23. The Labute approximate surface area is 207 Å². The molecule has 3 aliphatic rings. The summed E-state index contributed by atoms with van der Waals surface area (Å²) in [7, 11) is 1.41. The Hall–Kier alpha value is -2.87. The number of rotatable bonds is 6. The van der Waals surface area contributed by atoms with Crippen molar-refractivity contribution in [3.63, 3.8) is 0 Å². The van der Waals surface area contributed by atoms with Gasteiger partial charge in [0.2, 0.25) is 5.91 Å². The summed E-state index contributed by atoms with van der Waals surface area (Å²) in [4.78, 5) is 33.5. The number of alkyl carbamates (subject to hydrolysis) is 1. The lowest BCUT2D eigenvalue weighted by Crippen LogP contribution is -2.45. The van der Waals surface area contributed by atoms with Crippen LogP contribution in [-0.2, 0) is 22.5 Å². The molecule has 5 rings (SSSR count). The summed E-state index contributed by atoms with van der Waals surface area (Å²) < 4.78 is 7.34. The van der Waals surface area contributed by atoms with Crippen LogP contribution in [0.5, 0.6) is 0 Å². The highest BCUT2D eigenvalue weighted by molar-refractivity contribution is 5.73. The van der Waals surface area contributed by atoms with Crippen molar-refractivity contribution < 1.29 is 14.3 Å². The first-order chi connectivity index (χ1) is 16.9. The molecule has 2 fully saturated rings. The Morgan fingerprint density at radius 2 is 1.86 bits per heavy atom. The van der Waals surface area contributed by atoms with E-state index in [0.717, 1.165) is 50.2 Å². The first-order valence-electron chi connectivity index (χ1n) is 12.9. The van der Waals surface area contributed by atoms with Gasteiger partial charge in [-0.05, 0) is 44.6 Å². The van der Waals surface area contributed by atoms with Crippen molar-refractivity contribution in [3.8, 4) is 0 Å². The maximum Gasteiger partial charge on any atom is 0.407 e. The van der Waals surface area contributed by atoms with Crippen LogP contribution in [0.1, 0.15) is 73.9 Å². The molecule has 188 valence electrons. The van der Waals surface area contributed by atoms with Crippen molar-refractivity contribution >= 4 is 12.0 Å². The zero-order valence-corrected chi connectivity index (χ0v) is 21.1. The van der Waals surface area contributed by atoms with Gasteiger partial charge in [-0.25, -0.2) is 9.78 Å². The number of imidazole rings is 1. The topological polar surface area (TPSA) is 79.7 Å². The maximum atomic E-state index is 12.0. The maximum absolute atomic E-state index is 12.0. The largest absolute Gasteiger partial charge is 0.453 e. The Balaban J connectivity index is 1.28. The summed E-state index contributed by atoms with van der Waals surface area (Å²) in [6.45, 7) is 6.18. The Morgan fingerprint density at radius 1 is 1.14 bits per heavy atom. The van der Waals surface area contributed by atoms with Crippen LogP contribution in [-0.4, -0.2) is 63.6 Å². The Bertz CT molecular complexity index is 1050. The molecule has 0 radical (unpaired) electrons. The van der Waals surface area contributed by atoms with Gasteiger partial charge >= 0.3 is 6.09 Å². The molecule has 0 aliphatic carbocycles. The van der Waals surface area contributed by atoms with E-state index in [2.05, 4.69) is 33.8 Å². The van der Waals surface area contributed by atoms with Crippen molar-refractivity contribution in [2.75, 3.05) is 20.2 Å². The second-order valence-electron chi connectivity index (χ2n) is 10.2. The van der Waals surface area contributed by atoms with E-state index in [1.54, 1.807) is 6.92 Å². The fourth-order valence-electron chi connectivity index (χ4n) is 6.58. The average molecular weight is 480 g/mol. The molecule has 3 aliphatic heterocycles. The quantitative estimate of drug-likeness (QED) is 0.683. The number of hydrogen-bond acceptors (Lipinski definition) is 5. The van der Waals surface area contributed by atoms with Crippen LogP contribution in [0.2, 0.25) is 0 Å². The van der Waals surface area contributed by atoms with Crippen LogP contribution in [0, 0.1) is 6.92 Å². The SMILES string of the molecule is COC(=O)N[C@@H](CCN1C2CCC1CC(n1c(C)nc3c1CN(C(C)=O)CC3)C2)c1ccccc1. The summed E-state index contributed by atoms with van der Waals surface area (Å²) >= 11 is 0. The van der Waals surface area contributed by atoms with Crippen LogP contribution in [0.4, 0.5) is 4.79 Å². The number of aromatic nitrogens is 2. The van der Waals surface area contributed by atoms with Gasteiger partial charge in [0.1, 0.15) is 5.82 Å². The van der Waals surface area contributed by atoms with Gasteiger partial charge in [0, 0.05) is 44.6 Å². The molecule has 35 heavy (non-hydrogen) atoms. The second kappa shape index (κ2) is 10.0. The number of piperidine rings is 1. The van der Waals surface area contributed by atoms with E-state index in [-0.39, 0.29) is 18.0 Å². The zero-order valence-electron chi connectivity index (χ0n) is 21.1. The monoisotopic (exact) mass is 479 g/mol. The number of nitrogens with one attached hydrogen (secondary N) is 1. The minimum absolute atomic E-state index is 0.0683. The van der Waals surface area contributed by atoms with Gasteiger partial charge in [-0.15, -0.1) is 0 Å². The molecule has 4 heterocycles. The van der Waals surface area contributed by atoms with Crippen molar-refractivity contribution in [3.05, 3.63) is 53.1 Å². The number of carbonyl (C=O) groups excluding carboxylic acids is 2. The molecular weight excluding hydrogens is 442 g/mol. The third-order valence-electron chi connectivity index (χ3n) is 8.25. The lowest BCUT2D eigenvalue weighted by Gasteiger charge is -2.41. The standard InChI is InChI=1S/C27H37N5O3/c1-18-28-25-11-13-30(19(2)33)17-26(25)32(18)23-15-21-9-10-22(16-23)31(21)14-12-24(29-27(34)35-3)20-7-5-4-6-8-20/h4-8,21-24H,9-17H2,1-3H3,(H,29,34)/t21?,22?,23?,24-/m0/s1. The molecule has 8 nitrogen and oxygen atoms in total. The fraction of sp³-hybridized carbons (Fsp3) is 0.593. The third kappa shape index (κ3) is 4.81. The van der Waals surface area contributed by atoms with Gasteiger partial charge in [0.05, 0.1) is 31.1 Å². The predicted octanol–water partition coefficient (Wildman–Crippen LogP) is 3.75. The first-order valence-corrected chi connectivity index (χ1v) is 12.9. The number of amides is 2. The minimum atomic E-state index is -0.388. The van der Waals surface area contributed by atoms with Crippen molar-refractivity contribution in [2.45, 2.75) is 83.1 Å². The van der Waals surface area contributed by atoms with Gasteiger partial charge in [-0.3, -0.25) is 9.69 Å². The van der Waals surface area contributed by atoms with Crippen LogP contribution in [0.3, 0.4) is 0 Å². The number of ether oxygens (including phenoxy) is 1. The first kappa shape index (κ1) is 23.9. The Kier molecular flexibility index (Phi) is 6.82. The molecule has 1 aromatic carbocycles. The average Bonchev–Trinajstić information content (AvgIpc) is 3.31. The van der Waals surface area contributed by atoms with Crippen molar-refractivity contribution in [1.82, 2.24) is 24.7 Å². The highest BCUT2D eigenvalue weighted by Crippen LogP contribution is 2.43. The third-order valence-corrected chi connectivity index (χ3v) is 8.25. The molecule has 2 unspecified atom stereocenters. The van der Waals surface area contributed by atoms with E-state index in [9.17, 15) is 9.59 Å². The molecule has 0 saturated carbocycles. The Morgan fingerprint density at radius 3 is 2.51 bits per heavy atom. The van der Waals surface area contributed by atoms with E-state index in [1.165, 1.54) is 31.3 Å². The van der Waals surface area contributed by atoms with E-state index in [4.69, 9.17) is 9.72 Å². The van der Waals surface area contributed by atoms with Crippen LogP contribution in [0.15, 0.2) is 30.3 Å². The summed E-state index contributed by atoms with van der Waals surface area (Å²) in [5.41, 5.74) is 3.53. The highest BCUT2D eigenvalue weighted by Gasteiger charge is 2.42. The number of methoxy groups -OCH3 is 1. The normalized spacial score (nSPS) is 24.7. The van der Waals surface area contributed by atoms with E-state index >= 15 is 0 Å². The molecule has 8 heteroatoms. The van der Waals surface area contributed by atoms with Crippen LogP contribution >= 0.6 is 0 Å². The number of nitrogens with zero attached hydrogens (tertiary/aromatic N) is 4. The van der Waals surface area contributed by atoms with E-state index < -0.39 is 0 Å². The number of fused-ring (bicyclic) bond motifs is 3. The van der Waals surface area contributed by atoms with Gasteiger partial charge in [-0.1, -0.05) is 30.3 Å². The van der Waals surface area contributed by atoms with Gasteiger partial charge in [0.25, 0.3) is 0 Å². The molecule has 2 saturated heterocycles. The van der Waals surface area contributed by atoms with Crippen LogP contribution < -0.4 is 5.32 Å². The van der Waals surface area contributed by atoms with Crippen molar-refractivity contribution in [1.29, 1.82) is 0 Å². The molecule has 2 amide bonds.